The standard InChI is InChI=1S/C17H37N3/c1-14(2)6-8-19-16-10-15(11-17(3,4)5)12-20(13-16)9-7-18/h14-16,19H,6-13,18H2,1-5H3. The van der Waals surface area contributed by atoms with Crippen molar-refractivity contribution in [1.29, 1.82) is 0 Å². The first-order valence-electron chi connectivity index (χ1n) is 8.46. The Labute approximate surface area is 126 Å². The van der Waals surface area contributed by atoms with Crippen LogP contribution in [0.1, 0.15) is 53.9 Å². The molecule has 0 aromatic rings. The van der Waals surface area contributed by atoms with Crippen molar-refractivity contribution in [3.05, 3.63) is 0 Å². The van der Waals surface area contributed by atoms with Crippen LogP contribution in [0.2, 0.25) is 0 Å². The fraction of sp³-hybridized carbons (Fsp3) is 1.00. The Balaban J connectivity index is 2.47. The van der Waals surface area contributed by atoms with Crippen LogP contribution < -0.4 is 11.1 Å². The van der Waals surface area contributed by atoms with Gasteiger partial charge in [0.15, 0.2) is 0 Å². The zero-order valence-electron chi connectivity index (χ0n) is 14.4. The number of hydrogen-bond acceptors (Lipinski definition) is 3. The van der Waals surface area contributed by atoms with E-state index in [2.05, 4.69) is 44.8 Å². The van der Waals surface area contributed by atoms with Gasteiger partial charge in [-0.1, -0.05) is 34.6 Å². The summed E-state index contributed by atoms with van der Waals surface area (Å²) in [5.41, 5.74) is 6.18. The number of rotatable bonds is 7. The number of nitrogens with zero attached hydrogens (tertiary/aromatic N) is 1. The highest BCUT2D eigenvalue weighted by Gasteiger charge is 2.29. The number of likely N-dealkylation sites (tertiary alicyclic amines) is 1. The fourth-order valence-electron chi connectivity index (χ4n) is 3.41. The zero-order valence-corrected chi connectivity index (χ0v) is 14.4. The molecular weight excluding hydrogens is 246 g/mol. The molecule has 0 aliphatic carbocycles. The van der Waals surface area contributed by atoms with Crippen LogP contribution in [0.3, 0.4) is 0 Å². The molecule has 1 rings (SSSR count). The molecule has 1 fully saturated rings. The molecule has 3 N–H and O–H groups in total. The van der Waals surface area contributed by atoms with Gasteiger partial charge in [-0.2, -0.15) is 0 Å². The molecule has 0 saturated carbocycles. The second-order valence-electron chi connectivity index (χ2n) is 8.25. The van der Waals surface area contributed by atoms with E-state index in [9.17, 15) is 0 Å². The molecule has 0 aromatic carbocycles. The first-order chi connectivity index (χ1) is 9.30. The van der Waals surface area contributed by atoms with Gasteiger partial charge in [-0.25, -0.2) is 0 Å². The minimum Gasteiger partial charge on any atom is -0.329 e. The van der Waals surface area contributed by atoms with Crippen molar-refractivity contribution in [2.75, 3.05) is 32.7 Å². The highest BCUT2D eigenvalue weighted by Crippen LogP contribution is 2.30. The number of piperidine rings is 1. The third-order valence-electron chi connectivity index (χ3n) is 4.11. The summed E-state index contributed by atoms with van der Waals surface area (Å²) in [6.07, 6.45) is 3.92. The average molecular weight is 284 g/mol. The maximum Gasteiger partial charge on any atom is 0.0198 e. The molecule has 0 radical (unpaired) electrons. The molecule has 3 heteroatoms. The van der Waals surface area contributed by atoms with Crippen molar-refractivity contribution in [2.45, 2.75) is 59.9 Å². The highest BCUT2D eigenvalue weighted by molar-refractivity contribution is 4.85. The van der Waals surface area contributed by atoms with Gasteiger partial charge < -0.3 is 16.0 Å². The van der Waals surface area contributed by atoms with E-state index in [4.69, 9.17) is 5.73 Å². The summed E-state index contributed by atoms with van der Waals surface area (Å²) in [7, 11) is 0. The normalized spacial score (nSPS) is 25.4. The monoisotopic (exact) mass is 283 g/mol. The molecular formula is C17H37N3. The van der Waals surface area contributed by atoms with Crippen LogP contribution in [0, 0.1) is 17.3 Å². The summed E-state index contributed by atoms with van der Waals surface area (Å²) in [4.78, 5) is 2.56. The first kappa shape index (κ1) is 17.9. The van der Waals surface area contributed by atoms with E-state index in [0.717, 1.165) is 31.5 Å². The second-order valence-corrected chi connectivity index (χ2v) is 8.25. The molecule has 20 heavy (non-hydrogen) atoms. The van der Waals surface area contributed by atoms with Crippen LogP contribution in [0.25, 0.3) is 0 Å². The second kappa shape index (κ2) is 8.35. The van der Waals surface area contributed by atoms with E-state index >= 15 is 0 Å². The maximum absolute atomic E-state index is 5.76. The van der Waals surface area contributed by atoms with E-state index in [-0.39, 0.29) is 0 Å². The molecule has 3 nitrogen and oxygen atoms in total. The highest BCUT2D eigenvalue weighted by atomic mass is 15.2. The molecule has 1 aliphatic heterocycles. The molecule has 1 aliphatic rings. The predicted octanol–water partition coefficient (Wildman–Crippen LogP) is 2.71. The summed E-state index contributed by atoms with van der Waals surface area (Å²) in [6, 6.07) is 0.654. The van der Waals surface area contributed by atoms with Crippen LogP contribution in [0.15, 0.2) is 0 Å². The van der Waals surface area contributed by atoms with Gasteiger partial charge in [0.25, 0.3) is 0 Å². The first-order valence-corrected chi connectivity index (χ1v) is 8.46. The fourth-order valence-corrected chi connectivity index (χ4v) is 3.41. The lowest BCUT2D eigenvalue weighted by atomic mass is 9.80. The van der Waals surface area contributed by atoms with Gasteiger partial charge in [0.05, 0.1) is 0 Å². The molecule has 1 saturated heterocycles. The van der Waals surface area contributed by atoms with E-state index in [1.54, 1.807) is 0 Å². The lowest BCUT2D eigenvalue weighted by molar-refractivity contribution is 0.116. The Morgan fingerprint density at radius 1 is 1.25 bits per heavy atom. The Morgan fingerprint density at radius 2 is 1.95 bits per heavy atom. The van der Waals surface area contributed by atoms with Crippen LogP contribution >= 0.6 is 0 Å². The summed E-state index contributed by atoms with van der Waals surface area (Å²) in [5, 5.41) is 3.77. The Hall–Kier alpha value is -0.120. The van der Waals surface area contributed by atoms with Gasteiger partial charge in [-0.15, -0.1) is 0 Å². The van der Waals surface area contributed by atoms with Crippen molar-refractivity contribution in [3.63, 3.8) is 0 Å². The summed E-state index contributed by atoms with van der Waals surface area (Å²) < 4.78 is 0. The molecule has 0 amide bonds. The number of nitrogens with one attached hydrogen (secondary N) is 1. The van der Waals surface area contributed by atoms with Crippen LogP contribution in [-0.2, 0) is 0 Å². The van der Waals surface area contributed by atoms with Crippen molar-refractivity contribution < 1.29 is 0 Å². The van der Waals surface area contributed by atoms with Gasteiger partial charge in [0.2, 0.25) is 0 Å². The van der Waals surface area contributed by atoms with Gasteiger partial charge in [0, 0.05) is 32.2 Å². The third-order valence-corrected chi connectivity index (χ3v) is 4.11. The molecule has 0 aromatic heterocycles. The number of nitrogens with two attached hydrogens (primary N) is 1. The summed E-state index contributed by atoms with van der Waals surface area (Å²) in [6.45, 7) is 17.1. The average Bonchev–Trinajstić information content (AvgIpc) is 2.26. The Kier molecular flexibility index (Phi) is 7.49. The van der Waals surface area contributed by atoms with Crippen molar-refractivity contribution in [2.24, 2.45) is 23.0 Å². The molecule has 120 valence electrons. The van der Waals surface area contributed by atoms with Crippen LogP contribution in [-0.4, -0.2) is 43.7 Å². The summed E-state index contributed by atoms with van der Waals surface area (Å²) >= 11 is 0. The van der Waals surface area contributed by atoms with Gasteiger partial charge in [0.1, 0.15) is 0 Å². The smallest absolute Gasteiger partial charge is 0.0198 e. The van der Waals surface area contributed by atoms with E-state index in [0.29, 0.717) is 11.5 Å². The Bertz CT molecular complexity index is 257. The molecule has 1 heterocycles. The topological polar surface area (TPSA) is 41.3 Å². The van der Waals surface area contributed by atoms with E-state index < -0.39 is 0 Å². The van der Waals surface area contributed by atoms with E-state index in [1.807, 2.05) is 0 Å². The minimum atomic E-state index is 0.429. The molecule has 0 spiro atoms. The maximum atomic E-state index is 5.76. The van der Waals surface area contributed by atoms with E-state index in [1.165, 1.54) is 32.4 Å². The zero-order chi connectivity index (χ0) is 15.2. The Morgan fingerprint density at radius 3 is 2.50 bits per heavy atom. The largest absolute Gasteiger partial charge is 0.329 e. The third kappa shape index (κ3) is 7.61. The van der Waals surface area contributed by atoms with Crippen LogP contribution in [0.5, 0.6) is 0 Å². The van der Waals surface area contributed by atoms with Crippen molar-refractivity contribution >= 4 is 0 Å². The molecule has 0 bridgehead atoms. The minimum absolute atomic E-state index is 0.429. The number of hydrogen-bond donors (Lipinski definition) is 2. The lowest BCUT2D eigenvalue weighted by Gasteiger charge is -2.40. The quantitative estimate of drug-likeness (QED) is 0.755. The predicted molar refractivity (Wildman–Crippen MR) is 88.9 cm³/mol. The van der Waals surface area contributed by atoms with Gasteiger partial charge in [-0.05, 0) is 43.1 Å². The SMILES string of the molecule is CC(C)CCNC1CC(CC(C)(C)C)CN(CCN)C1. The van der Waals surface area contributed by atoms with Crippen molar-refractivity contribution in [1.82, 2.24) is 10.2 Å². The van der Waals surface area contributed by atoms with Gasteiger partial charge >= 0.3 is 0 Å². The van der Waals surface area contributed by atoms with Crippen molar-refractivity contribution in [3.8, 4) is 0 Å². The lowest BCUT2D eigenvalue weighted by Crippen LogP contribution is -2.51. The molecule has 2 atom stereocenters. The van der Waals surface area contributed by atoms with Gasteiger partial charge in [-0.3, -0.25) is 0 Å². The molecule has 2 unspecified atom stereocenters. The summed E-state index contributed by atoms with van der Waals surface area (Å²) in [5.74, 6) is 1.60. The van der Waals surface area contributed by atoms with Crippen LogP contribution in [0.4, 0.5) is 0 Å².